The van der Waals surface area contributed by atoms with E-state index in [0.717, 1.165) is 13.0 Å². The van der Waals surface area contributed by atoms with Crippen molar-refractivity contribution in [1.29, 1.82) is 0 Å². The number of hydrogen-bond donors (Lipinski definition) is 9. The highest BCUT2D eigenvalue weighted by Gasteiger charge is 2.54. The van der Waals surface area contributed by atoms with Gasteiger partial charge in [-0.25, -0.2) is 4.79 Å². The van der Waals surface area contributed by atoms with E-state index in [0.29, 0.717) is 11.1 Å². The maximum absolute atomic E-state index is 13.5. The Morgan fingerprint density at radius 3 is 1.98 bits per heavy atom. The summed E-state index contributed by atoms with van der Waals surface area (Å²) in [5.74, 6) is -1.90. The number of esters is 2. The minimum Gasteiger partial charge on any atom is -0.504 e. The van der Waals surface area contributed by atoms with Crippen LogP contribution in [0.15, 0.2) is 42.5 Å². The molecule has 2 aromatic rings. The molecule has 334 valence electrons. The summed E-state index contributed by atoms with van der Waals surface area (Å²) in [7, 11) is 2.75. The van der Waals surface area contributed by atoms with Crippen LogP contribution >= 0.6 is 0 Å². The Hall–Kier alpha value is -4.20. The summed E-state index contributed by atoms with van der Waals surface area (Å²) in [4.78, 5) is 25.6. The quantitative estimate of drug-likeness (QED) is 0.0650. The zero-order valence-electron chi connectivity index (χ0n) is 33.0. The Morgan fingerprint density at radius 1 is 0.700 bits per heavy atom. The van der Waals surface area contributed by atoms with E-state index in [1.807, 2.05) is 0 Å². The van der Waals surface area contributed by atoms with Crippen LogP contribution in [-0.2, 0) is 53.9 Å². The molecule has 0 spiro atoms. The zero-order chi connectivity index (χ0) is 43.8. The van der Waals surface area contributed by atoms with Gasteiger partial charge in [-0.15, -0.1) is 0 Å². The van der Waals surface area contributed by atoms with Crippen LogP contribution in [0, 0.1) is 0 Å². The van der Waals surface area contributed by atoms with Gasteiger partial charge in [0.15, 0.2) is 54.1 Å². The third-order valence-corrected chi connectivity index (χ3v) is 10.0. The minimum atomic E-state index is -1.86. The third-order valence-electron chi connectivity index (χ3n) is 10.0. The van der Waals surface area contributed by atoms with E-state index in [2.05, 4.69) is 0 Å². The van der Waals surface area contributed by atoms with Gasteiger partial charge in [-0.3, -0.25) is 4.79 Å². The predicted octanol–water partition coefficient (Wildman–Crippen LogP) is -2.01. The van der Waals surface area contributed by atoms with E-state index in [1.165, 1.54) is 57.6 Å². The first kappa shape index (κ1) is 46.9. The monoisotopic (exact) mass is 856 g/mol. The number of carbonyl (C=O) groups is 2. The molecular weight excluding hydrogens is 804 g/mol. The lowest BCUT2D eigenvalue weighted by molar-refractivity contribution is -0.364. The van der Waals surface area contributed by atoms with Crippen LogP contribution in [0.4, 0.5) is 0 Å². The van der Waals surface area contributed by atoms with Crippen LogP contribution in [0.5, 0.6) is 23.0 Å². The number of rotatable bonds is 16. The standard InChI is InChI=1S/C39H52O21/c1-17-28(45)31(48)36(56-18(2)41)39(55-17)60-35-33(50)38(53-12-11-20-6-9-24(52-4)22(43)14-20)58-26(16-54-37-32(49)30(47)29(46)25(15-40)57-37)34(35)59-27(44)10-7-19-5-8-23(51-3)21(42)13-19/h5-10,13-14,17,25-26,28-40,42-43,45-50H,11-12,15-16H2,1-4H3/b10-7+/t17-,25-,26-,28-,29-,30+,31+,32-,33-,34-,35-,36-,37+,38-,39+/m1/s1. The molecule has 3 fully saturated rings. The van der Waals surface area contributed by atoms with Crippen molar-refractivity contribution < 1.29 is 103 Å². The molecular formula is C39H52O21. The second kappa shape index (κ2) is 21.1. The molecule has 2 aromatic carbocycles. The van der Waals surface area contributed by atoms with Crippen LogP contribution in [0.25, 0.3) is 6.08 Å². The maximum atomic E-state index is 13.5. The first-order chi connectivity index (χ1) is 28.6. The van der Waals surface area contributed by atoms with E-state index in [-0.39, 0.29) is 36.0 Å². The molecule has 0 aliphatic carbocycles. The van der Waals surface area contributed by atoms with Crippen molar-refractivity contribution in [3.05, 3.63) is 53.6 Å². The molecule has 3 saturated heterocycles. The fraction of sp³-hybridized carbons (Fsp3) is 0.590. The summed E-state index contributed by atoms with van der Waals surface area (Å²) in [6.07, 6.45) is -22.2. The van der Waals surface area contributed by atoms with Crippen molar-refractivity contribution in [1.82, 2.24) is 0 Å². The van der Waals surface area contributed by atoms with E-state index in [4.69, 9.17) is 47.4 Å². The highest BCUT2D eigenvalue weighted by atomic mass is 16.8. The molecule has 60 heavy (non-hydrogen) atoms. The second-order valence-corrected chi connectivity index (χ2v) is 14.2. The van der Waals surface area contributed by atoms with Gasteiger partial charge in [0, 0.05) is 13.0 Å². The first-order valence-electron chi connectivity index (χ1n) is 18.9. The van der Waals surface area contributed by atoms with Crippen molar-refractivity contribution in [2.75, 3.05) is 34.0 Å². The number of phenols is 2. The number of phenolic OH excluding ortho intramolecular Hbond substituents is 2. The van der Waals surface area contributed by atoms with E-state index >= 15 is 0 Å². The van der Waals surface area contributed by atoms with Crippen LogP contribution < -0.4 is 9.47 Å². The molecule has 0 aromatic heterocycles. The summed E-state index contributed by atoms with van der Waals surface area (Å²) >= 11 is 0. The summed E-state index contributed by atoms with van der Waals surface area (Å²) in [6, 6.07) is 8.94. The Kier molecular flexibility index (Phi) is 16.4. The zero-order valence-corrected chi connectivity index (χ0v) is 33.0. The van der Waals surface area contributed by atoms with Crippen molar-refractivity contribution in [2.45, 2.75) is 112 Å². The van der Waals surface area contributed by atoms with E-state index in [1.54, 1.807) is 6.07 Å². The molecule has 21 nitrogen and oxygen atoms in total. The molecule has 21 heteroatoms. The minimum absolute atomic E-state index is 0.137. The number of aromatic hydroxyl groups is 2. The van der Waals surface area contributed by atoms with E-state index in [9.17, 15) is 55.5 Å². The lowest BCUT2D eigenvalue weighted by atomic mass is 9.96. The van der Waals surface area contributed by atoms with Crippen molar-refractivity contribution >= 4 is 18.0 Å². The normalized spacial score (nSPS) is 34.5. The van der Waals surface area contributed by atoms with Gasteiger partial charge in [-0.1, -0.05) is 12.1 Å². The summed E-state index contributed by atoms with van der Waals surface area (Å²) in [5.41, 5.74) is 0.944. The molecule has 0 radical (unpaired) electrons. The number of hydrogen-bond acceptors (Lipinski definition) is 21. The number of ether oxygens (including phenoxy) is 10. The average molecular weight is 857 g/mol. The first-order valence-corrected chi connectivity index (χ1v) is 18.9. The molecule has 0 amide bonds. The summed E-state index contributed by atoms with van der Waals surface area (Å²) < 4.78 is 56.5. The van der Waals surface area contributed by atoms with Crippen molar-refractivity contribution in [2.24, 2.45) is 0 Å². The highest BCUT2D eigenvalue weighted by molar-refractivity contribution is 5.87. The molecule has 9 N–H and O–H groups in total. The SMILES string of the molecule is COc1ccc(/C=C/C(=O)O[C@H]2[C@H](O[C@@H]3O[C@H](C)[C@@H](O)[C@H](O)[C@H]3OC(C)=O)[C@@H](O)[C@H](OCCc3ccc(OC)c(O)c3)O[C@@H]2CO[C@H]2O[C@H](CO)[C@@H](O)[C@H](O)[C@H]2O)cc1O. The van der Waals surface area contributed by atoms with Gasteiger partial charge in [0.25, 0.3) is 0 Å². The molecule has 3 heterocycles. The molecule has 0 unspecified atom stereocenters. The number of aliphatic hydroxyl groups excluding tert-OH is 7. The smallest absolute Gasteiger partial charge is 0.331 e. The Labute approximate surface area is 343 Å². The molecule has 0 bridgehead atoms. The van der Waals surface area contributed by atoms with Gasteiger partial charge in [0.2, 0.25) is 0 Å². The topological polar surface area (TPSA) is 309 Å². The van der Waals surface area contributed by atoms with Crippen LogP contribution in [0.3, 0.4) is 0 Å². The summed E-state index contributed by atoms with van der Waals surface area (Å²) in [5, 5.41) is 94.8. The third kappa shape index (κ3) is 11.2. The van der Waals surface area contributed by atoms with Gasteiger partial charge in [0.1, 0.15) is 54.9 Å². The molecule has 15 atom stereocenters. The van der Waals surface area contributed by atoms with Crippen molar-refractivity contribution in [3.63, 3.8) is 0 Å². The lowest BCUT2D eigenvalue weighted by Crippen LogP contribution is -2.66. The molecule has 3 aliphatic rings. The summed E-state index contributed by atoms with van der Waals surface area (Å²) in [6.45, 7) is 0.841. The Balaban J connectivity index is 1.47. The number of aliphatic hydroxyl groups is 7. The predicted molar refractivity (Wildman–Crippen MR) is 199 cm³/mol. The number of methoxy groups -OCH3 is 2. The van der Waals surface area contributed by atoms with Crippen molar-refractivity contribution in [3.8, 4) is 23.0 Å². The number of benzene rings is 2. The van der Waals surface area contributed by atoms with Crippen LogP contribution in [0.2, 0.25) is 0 Å². The molecule has 5 rings (SSSR count). The van der Waals surface area contributed by atoms with Gasteiger partial charge in [-0.2, -0.15) is 0 Å². The highest BCUT2D eigenvalue weighted by Crippen LogP contribution is 2.34. The van der Waals surface area contributed by atoms with Gasteiger partial charge in [-0.05, 0) is 54.8 Å². The molecule has 3 aliphatic heterocycles. The van der Waals surface area contributed by atoms with Gasteiger partial charge >= 0.3 is 11.9 Å². The van der Waals surface area contributed by atoms with Gasteiger partial charge < -0.3 is 93.3 Å². The lowest BCUT2D eigenvalue weighted by Gasteiger charge is -2.47. The number of carbonyl (C=O) groups excluding carboxylic acids is 2. The van der Waals surface area contributed by atoms with Crippen LogP contribution in [-0.4, -0.2) is 184 Å². The maximum Gasteiger partial charge on any atom is 0.331 e. The fourth-order valence-corrected chi connectivity index (χ4v) is 6.77. The average Bonchev–Trinajstić information content (AvgIpc) is 3.21. The van der Waals surface area contributed by atoms with E-state index < -0.39 is 117 Å². The van der Waals surface area contributed by atoms with Crippen LogP contribution in [0.1, 0.15) is 25.0 Å². The Morgan fingerprint density at radius 2 is 1.35 bits per heavy atom. The largest absolute Gasteiger partial charge is 0.504 e. The fourth-order valence-electron chi connectivity index (χ4n) is 6.77. The second-order valence-electron chi connectivity index (χ2n) is 14.2. The Bertz CT molecular complexity index is 1760. The van der Waals surface area contributed by atoms with Gasteiger partial charge in [0.05, 0.1) is 40.1 Å². The molecule has 0 saturated carbocycles.